The first-order chi connectivity index (χ1) is 7.11. The lowest BCUT2D eigenvalue weighted by molar-refractivity contribution is -0.114. The van der Waals surface area contributed by atoms with Crippen molar-refractivity contribution in [3.8, 4) is 5.75 Å². The van der Waals surface area contributed by atoms with Gasteiger partial charge in [0.15, 0.2) is 5.78 Å². The molecule has 0 saturated heterocycles. The molecule has 2 rings (SSSR count). The van der Waals surface area contributed by atoms with E-state index in [4.69, 9.17) is 11.6 Å². The lowest BCUT2D eigenvalue weighted by Crippen LogP contribution is -2.09. The first-order valence-corrected chi connectivity index (χ1v) is 5.75. The highest BCUT2D eigenvalue weighted by Gasteiger charge is 2.18. The summed E-state index contributed by atoms with van der Waals surface area (Å²) in [4.78, 5) is 11.4. The fraction of sp³-hybridized carbons (Fsp3) is 0.182. The monoisotopic (exact) mass is 286 g/mol. The van der Waals surface area contributed by atoms with Crippen molar-refractivity contribution >= 4 is 38.9 Å². The van der Waals surface area contributed by atoms with E-state index in [9.17, 15) is 9.90 Å². The Morgan fingerprint density at radius 1 is 1.47 bits per heavy atom. The number of phenolic OH excluding ortho intramolecular Hbond substituents is 1. The molecule has 0 atom stereocenters. The molecule has 1 aromatic carbocycles. The molecule has 0 bridgehead atoms. The predicted octanol–water partition coefficient (Wildman–Crippen LogP) is 2.90. The molecule has 2 nitrogen and oxygen atoms in total. The van der Waals surface area contributed by atoms with Gasteiger partial charge in [0.05, 0.1) is 4.47 Å². The van der Waals surface area contributed by atoms with E-state index in [1.54, 1.807) is 18.2 Å². The van der Waals surface area contributed by atoms with Gasteiger partial charge in [0.25, 0.3) is 0 Å². The number of ketones is 1. The summed E-state index contributed by atoms with van der Waals surface area (Å²) in [7, 11) is 0. The Labute approximate surface area is 101 Å². The number of fused-ring (bicyclic) bond motifs is 1. The highest BCUT2D eigenvalue weighted by Crippen LogP contribution is 2.34. The lowest BCUT2D eigenvalue weighted by atomic mass is 9.91. The Hall–Kier alpha value is -0.800. The molecule has 0 unspecified atom stereocenters. The van der Waals surface area contributed by atoms with Crippen LogP contribution in [0.3, 0.4) is 0 Å². The number of hydrogen-bond donors (Lipinski definition) is 1. The number of hydrogen-bond acceptors (Lipinski definition) is 2. The third-order valence-corrected chi connectivity index (χ3v) is 3.29. The number of alkyl halides is 1. The zero-order chi connectivity index (χ0) is 11.0. The number of aromatic hydroxyl groups is 1. The van der Waals surface area contributed by atoms with Crippen molar-refractivity contribution in [1.29, 1.82) is 0 Å². The summed E-state index contributed by atoms with van der Waals surface area (Å²) in [5.41, 5.74) is 2.58. The van der Waals surface area contributed by atoms with E-state index >= 15 is 0 Å². The van der Waals surface area contributed by atoms with Crippen LogP contribution in [0.2, 0.25) is 0 Å². The maximum atomic E-state index is 11.4. The summed E-state index contributed by atoms with van der Waals surface area (Å²) in [6.45, 7) is 0. The Kier molecular flexibility index (Phi) is 2.85. The van der Waals surface area contributed by atoms with Crippen LogP contribution in [-0.4, -0.2) is 16.8 Å². The molecule has 1 N–H and O–H groups in total. The largest absolute Gasteiger partial charge is 0.507 e. The van der Waals surface area contributed by atoms with Crippen molar-refractivity contribution in [1.82, 2.24) is 0 Å². The number of benzene rings is 1. The van der Waals surface area contributed by atoms with E-state index < -0.39 is 0 Å². The third-order valence-electron chi connectivity index (χ3n) is 2.36. The number of carbonyl (C=O) groups is 1. The van der Waals surface area contributed by atoms with Crippen LogP contribution in [0.1, 0.15) is 11.1 Å². The van der Waals surface area contributed by atoms with Crippen LogP contribution in [0.25, 0.3) is 5.57 Å². The number of rotatable bonds is 1. The van der Waals surface area contributed by atoms with Crippen LogP contribution in [-0.2, 0) is 11.2 Å². The van der Waals surface area contributed by atoms with Crippen LogP contribution in [0.5, 0.6) is 5.75 Å². The summed E-state index contributed by atoms with van der Waals surface area (Å²) < 4.78 is 0.617. The van der Waals surface area contributed by atoms with Crippen molar-refractivity contribution in [2.75, 3.05) is 5.88 Å². The molecule has 0 amide bonds. The van der Waals surface area contributed by atoms with E-state index in [0.717, 1.165) is 16.7 Å². The van der Waals surface area contributed by atoms with Gasteiger partial charge in [-0.25, -0.2) is 0 Å². The first-order valence-electron chi connectivity index (χ1n) is 4.43. The van der Waals surface area contributed by atoms with Gasteiger partial charge in [-0.2, -0.15) is 0 Å². The third kappa shape index (κ3) is 1.94. The smallest absolute Gasteiger partial charge is 0.160 e. The molecule has 1 aliphatic carbocycles. The van der Waals surface area contributed by atoms with Crippen molar-refractivity contribution in [3.63, 3.8) is 0 Å². The molecule has 0 saturated carbocycles. The molecule has 1 aromatic rings. The maximum absolute atomic E-state index is 11.4. The Bertz CT molecular complexity index is 466. The lowest BCUT2D eigenvalue weighted by Gasteiger charge is -2.16. The molecule has 0 heterocycles. The van der Waals surface area contributed by atoms with E-state index in [2.05, 4.69) is 15.9 Å². The molecule has 1 aliphatic rings. The van der Waals surface area contributed by atoms with Crippen LogP contribution < -0.4 is 0 Å². The Morgan fingerprint density at radius 3 is 2.87 bits per heavy atom. The van der Waals surface area contributed by atoms with Gasteiger partial charge in [-0.05, 0) is 50.8 Å². The summed E-state index contributed by atoms with van der Waals surface area (Å²) in [5.74, 6) is 0.480. The van der Waals surface area contributed by atoms with Crippen molar-refractivity contribution in [2.45, 2.75) is 6.42 Å². The van der Waals surface area contributed by atoms with Crippen LogP contribution >= 0.6 is 27.5 Å². The molecule has 0 spiro atoms. The van der Waals surface area contributed by atoms with Gasteiger partial charge in [0.2, 0.25) is 0 Å². The van der Waals surface area contributed by atoms with Gasteiger partial charge in [0.1, 0.15) is 5.75 Å². The topological polar surface area (TPSA) is 37.3 Å². The number of allylic oxidation sites excluding steroid dienone is 2. The van der Waals surface area contributed by atoms with E-state index in [1.165, 1.54) is 0 Å². The zero-order valence-electron chi connectivity index (χ0n) is 7.76. The molecule has 15 heavy (non-hydrogen) atoms. The molecular weight excluding hydrogens is 279 g/mol. The van der Waals surface area contributed by atoms with Gasteiger partial charge in [-0.15, -0.1) is 11.6 Å². The fourth-order valence-electron chi connectivity index (χ4n) is 1.67. The number of halogens is 2. The summed E-state index contributed by atoms with van der Waals surface area (Å²) >= 11 is 9.01. The van der Waals surface area contributed by atoms with Crippen LogP contribution in [0.4, 0.5) is 0 Å². The highest BCUT2D eigenvalue weighted by molar-refractivity contribution is 9.10. The van der Waals surface area contributed by atoms with E-state index in [-0.39, 0.29) is 11.5 Å². The highest BCUT2D eigenvalue weighted by atomic mass is 79.9. The average molecular weight is 288 g/mol. The quantitative estimate of drug-likeness (QED) is 0.807. The summed E-state index contributed by atoms with van der Waals surface area (Å²) in [6.07, 6.45) is 1.90. The second-order valence-electron chi connectivity index (χ2n) is 3.41. The van der Waals surface area contributed by atoms with Gasteiger partial charge in [-0.1, -0.05) is 0 Å². The minimum Gasteiger partial charge on any atom is -0.507 e. The Balaban J connectivity index is 2.61. The van der Waals surface area contributed by atoms with E-state index in [0.29, 0.717) is 16.8 Å². The fourth-order valence-corrected chi connectivity index (χ4v) is 2.24. The Morgan fingerprint density at radius 2 is 2.20 bits per heavy atom. The van der Waals surface area contributed by atoms with Gasteiger partial charge in [-0.3, -0.25) is 4.79 Å². The zero-order valence-corrected chi connectivity index (χ0v) is 10.1. The molecular formula is C11H8BrClO2. The molecule has 78 valence electrons. The second-order valence-corrected chi connectivity index (χ2v) is 4.53. The minimum atomic E-state index is 0.0277. The predicted molar refractivity (Wildman–Crippen MR) is 63.2 cm³/mol. The van der Waals surface area contributed by atoms with Crippen molar-refractivity contribution in [2.24, 2.45) is 0 Å². The van der Waals surface area contributed by atoms with Crippen molar-refractivity contribution < 1.29 is 9.90 Å². The molecule has 0 aliphatic heterocycles. The van der Waals surface area contributed by atoms with Gasteiger partial charge < -0.3 is 5.11 Å². The van der Waals surface area contributed by atoms with Crippen LogP contribution in [0, 0.1) is 0 Å². The van der Waals surface area contributed by atoms with Crippen LogP contribution in [0.15, 0.2) is 22.7 Å². The maximum Gasteiger partial charge on any atom is 0.160 e. The standard InChI is InChI=1S/C11H8BrClO2/c12-10-4-9-6(3-11(10)15)1-8(14)2-7(9)5-13/h2-4,15H,1,5H2. The first kappa shape index (κ1) is 10.7. The van der Waals surface area contributed by atoms with Crippen molar-refractivity contribution in [3.05, 3.63) is 33.8 Å². The van der Waals surface area contributed by atoms with E-state index in [1.807, 2.05) is 0 Å². The summed E-state index contributed by atoms with van der Waals surface area (Å²) in [6, 6.07) is 3.40. The minimum absolute atomic E-state index is 0.0277. The van der Waals surface area contributed by atoms with Gasteiger partial charge in [0, 0.05) is 12.3 Å². The molecule has 0 radical (unpaired) electrons. The summed E-state index contributed by atoms with van der Waals surface area (Å²) in [5, 5.41) is 9.51. The molecule has 4 heteroatoms. The second kappa shape index (κ2) is 3.99. The normalized spacial score (nSPS) is 14.8. The molecule has 0 fully saturated rings. The number of carbonyl (C=O) groups excluding carboxylic acids is 1. The number of phenols is 1. The molecule has 0 aromatic heterocycles. The van der Waals surface area contributed by atoms with Gasteiger partial charge >= 0.3 is 0 Å². The SMILES string of the molecule is O=C1C=C(CCl)c2cc(Br)c(O)cc2C1. The average Bonchev–Trinajstić information content (AvgIpc) is 2.19.